The number of piperazine rings is 1. The lowest BCUT2D eigenvalue weighted by atomic mass is 10.1. The highest BCUT2D eigenvalue weighted by Crippen LogP contribution is 2.24. The van der Waals surface area contributed by atoms with E-state index in [0.717, 1.165) is 18.2 Å². The fourth-order valence-electron chi connectivity index (χ4n) is 3.08. The molecule has 3 rings (SSSR count). The van der Waals surface area contributed by atoms with Crippen molar-refractivity contribution in [3.63, 3.8) is 0 Å². The third-order valence-corrected chi connectivity index (χ3v) is 4.79. The number of ether oxygens (including phenoxy) is 1. The van der Waals surface area contributed by atoms with Crippen LogP contribution in [0.3, 0.4) is 0 Å². The molecule has 2 aromatic rings. The highest BCUT2D eigenvalue weighted by molar-refractivity contribution is 6.31. The fraction of sp³-hybridized carbons (Fsp3) is 0.300. The van der Waals surface area contributed by atoms with Gasteiger partial charge in [-0.3, -0.25) is 14.5 Å². The van der Waals surface area contributed by atoms with Crippen molar-refractivity contribution < 1.29 is 31.9 Å². The standard InChI is InChI=1S/C20H18ClF4N3O3/c21-13-1-6-17(22)16(11-13)19(30)28-9-7-27(8-10-28)12-18(29)26-14-2-4-15(5-3-14)31-20(23,24)25/h1-6,11H,7-10,12H2,(H,26,29). The zero-order chi connectivity index (χ0) is 22.6. The molecule has 11 heteroatoms. The molecule has 1 N–H and O–H groups in total. The average Bonchev–Trinajstić information content (AvgIpc) is 2.70. The number of carbonyl (C=O) groups excluding carboxylic acids is 2. The van der Waals surface area contributed by atoms with Gasteiger partial charge in [0.2, 0.25) is 5.91 Å². The van der Waals surface area contributed by atoms with Crippen LogP contribution < -0.4 is 10.1 Å². The maximum atomic E-state index is 13.9. The van der Waals surface area contributed by atoms with Crippen molar-refractivity contribution >= 4 is 29.1 Å². The Morgan fingerprint density at radius 1 is 1.03 bits per heavy atom. The van der Waals surface area contributed by atoms with Crippen LogP contribution in [0.1, 0.15) is 10.4 Å². The van der Waals surface area contributed by atoms with Crippen LogP contribution in [0.15, 0.2) is 42.5 Å². The van der Waals surface area contributed by atoms with E-state index in [-0.39, 0.29) is 28.8 Å². The summed E-state index contributed by atoms with van der Waals surface area (Å²) in [6.45, 7) is 1.46. The van der Waals surface area contributed by atoms with Gasteiger partial charge in [-0.05, 0) is 42.5 Å². The van der Waals surface area contributed by atoms with Gasteiger partial charge in [-0.1, -0.05) is 11.6 Å². The number of nitrogens with one attached hydrogen (secondary N) is 1. The summed E-state index contributed by atoms with van der Waals surface area (Å²) in [6, 6.07) is 8.58. The number of hydrogen-bond acceptors (Lipinski definition) is 4. The van der Waals surface area contributed by atoms with Gasteiger partial charge in [0.25, 0.3) is 5.91 Å². The van der Waals surface area contributed by atoms with Gasteiger partial charge in [-0.25, -0.2) is 4.39 Å². The van der Waals surface area contributed by atoms with E-state index in [0.29, 0.717) is 31.9 Å². The Kier molecular flexibility index (Phi) is 7.01. The van der Waals surface area contributed by atoms with Gasteiger partial charge in [0.05, 0.1) is 12.1 Å². The van der Waals surface area contributed by atoms with E-state index >= 15 is 0 Å². The maximum absolute atomic E-state index is 13.9. The van der Waals surface area contributed by atoms with Crippen LogP contribution in [-0.2, 0) is 4.79 Å². The largest absolute Gasteiger partial charge is 0.573 e. The number of halogens is 5. The SMILES string of the molecule is O=C(CN1CCN(C(=O)c2cc(Cl)ccc2F)CC1)Nc1ccc(OC(F)(F)F)cc1. The molecule has 0 aromatic heterocycles. The molecule has 1 saturated heterocycles. The first kappa shape index (κ1) is 22.8. The maximum Gasteiger partial charge on any atom is 0.573 e. The predicted molar refractivity (Wildman–Crippen MR) is 106 cm³/mol. The molecule has 0 aliphatic carbocycles. The smallest absolute Gasteiger partial charge is 0.406 e. The van der Waals surface area contributed by atoms with Gasteiger partial charge < -0.3 is 15.0 Å². The summed E-state index contributed by atoms with van der Waals surface area (Å²) in [6.07, 6.45) is -4.78. The van der Waals surface area contributed by atoms with Gasteiger partial charge in [0.15, 0.2) is 0 Å². The fourth-order valence-corrected chi connectivity index (χ4v) is 3.26. The molecule has 1 aliphatic rings. The molecule has 1 aliphatic heterocycles. The lowest BCUT2D eigenvalue weighted by Gasteiger charge is -2.34. The molecule has 0 saturated carbocycles. The molecular formula is C20H18ClF4N3O3. The monoisotopic (exact) mass is 459 g/mol. The number of carbonyl (C=O) groups is 2. The first-order chi connectivity index (χ1) is 14.6. The highest BCUT2D eigenvalue weighted by Gasteiger charge is 2.31. The van der Waals surface area contributed by atoms with Crippen molar-refractivity contribution in [2.45, 2.75) is 6.36 Å². The molecular weight excluding hydrogens is 442 g/mol. The third-order valence-electron chi connectivity index (χ3n) is 4.56. The normalized spacial score (nSPS) is 14.9. The van der Waals surface area contributed by atoms with E-state index in [1.807, 2.05) is 4.90 Å². The molecule has 0 radical (unpaired) electrons. The van der Waals surface area contributed by atoms with Crippen molar-refractivity contribution in [2.75, 3.05) is 38.0 Å². The van der Waals surface area contributed by atoms with Crippen LogP contribution >= 0.6 is 11.6 Å². The predicted octanol–water partition coefficient (Wildman–Crippen LogP) is 3.77. The highest BCUT2D eigenvalue weighted by atomic mass is 35.5. The average molecular weight is 460 g/mol. The summed E-state index contributed by atoms with van der Waals surface area (Å²) < 4.78 is 54.2. The van der Waals surface area contributed by atoms with Crippen LogP contribution in [0.5, 0.6) is 5.75 Å². The van der Waals surface area contributed by atoms with Crippen molar-refractivity contribution in [1.82, 2.24) is 9.80 Å². The summed E-state index contributed by atoms with van der Waals surface area (Å²) in [5, 5.41) is 2.85. The molecule has 31 heavy (non-hydrogen) atoms. The molecule has 0 atom stereocenters. The van der Waals surface area contributed by atoms with E-state index in [2.05, 4.69) is 10.1 Å². The second-order valence-electron chi connectivity index (χ2n) is 6.81. The third kappa shape index (κ3) is 6.56. The second-order valence-corrected chi connectivity index (χ2v) is 7.25. The van der Waals surface area contributed by atoms with Crippen LogP contribution in [0.4, 0.5) is 23.2 Å². The molecule has 2 amide bonds. The number of amides is 2. The molecule has 0 unspecified atom stereocenters. The molecule has 1 heterocycles. The zero-order valence-electron chi connectivity index (χ0n) is 16.1. The molecule has 0 spiro atoms. The Bertz CT molecular complexity index is 946. The van der Waals surface area contributed by atoms with E-state index in [9.17, 15) is 27.2 Å². The summed E-state index contributed by atoms with van der Waals surface area (Å²) in [4.78, 5) is 28.0. The first-order valence-corrected chi connectivity index (χ1v) is 9.61. The van der Waals surface area contributed by atoms with Crippen molar-refractivity contribution in [1.29, 1.82) is 0 Å². The van der Waals surface area contributed by atoms with Crippen LogP contribution in [0.25, 0.3) is 0 Å². The lowest BCUT2D eigenvalue weighted by Crippen LogP contribution is -2.50. The van der Waals surface area contributed by atoms with E-state index in [1.54, 1.807) is 0 Å². The number of hydrogen-bond donors (Lipinski definition) is 1. The van der Waals surface area contributed by atoms with Gasteiger partial charge in [-0.2, -0.15) is 0 Å². The van der Waals surface area contributed by atoms with E-state index < -0.39 is 18.1 Å². The summed E-state index contributed by atoms with van der Waals surface area (Å²) in [7, 11) is 0. The molecule has 0 bridgehead atoms. The summed E-state index contributed by atoms with van der Waals surface area (Å²) >= 11 is 5.84. The topological polar surface area (TPSA) is 61.9 Å². The van der Waals surface area contributed by atoms with E-state index in [4.69, 9.17) is 11.6 Å². The molecule has 6 nitrogen and oxygen atoms in total. The number of nitrogens with zero attached hydrogens (tertiary/aromatic N) is 2. The zero-order valence-corrected chi connectivity index (χ0v) is 16.8. The Morgan fingerprint density at radius 3 is 2.29 bits per heavy atom. The minimum absolute atomic E-state index is 0.0361. The molecule has 2 aromatic carbocycles. The molecule has 1 fully saturated rings. The van der Waals surface area contributed by atoms with Crippen LogP contribution in [0, 0.1) is 5.82 Å². The summed E-state index contributed by atoms with van der Waals surface area (Å²) in [5.41, 5.74) is 0.224. The van der Waals surface area contributed by atoms with Gasteiger partial charge in [0.1, 0.15) is 11.6 Å². The number of alkyl halides is 3. The quantitative estimate of drug-likeness (QED) is 0.691. The Balaban J connectivity index is 1.48. The lowest BCUT2D eigenvalue weighted by molar-refractivity contribution is -0.274. The van der Waals surface area contributed by atoms with Gasteiger partial charge >= 0.3 is 6.36 Å². The Hall–Kier alpha value is -2.85. The van der Waals surface area contributed by atoms with Crippen LogP contribution in [0.2, 0.25) is 5.02 Å². The van der Waals surface area contributed by atoms with Crippen molar-refractivity contribution in [3.8, 4) is 5.75 Å². The first-order valence-electron chi connectivity index (χ1n) is 9.23. The van der Waals surface area contributed by atoms with Gasteiger partial charge in [-0.15, -0.1) is 13.2 Å². The van der Waals surface area contributed by atoms with Crippen LogP contribution in [-0.4, -0.2) is 60.7 Å². The minimum Gasteiger partial charge on any atom is -0.406 e. The van der Waals surface area contributed by atoms with E-state index in [1.165, 1.54) is 29.2 Å². The second kappa shape index (κ2) is 9.52. The number of anilines is 1. The number of rotatable bonds is 5. The molecule has 166 valence electrons. The minimum atomic E-state index is -4.78. The Labute approximate surface area is 180 Å². The number of benzene rings is 2. The van der Waals surface area contributed by atoms with Gasteiger partial charge in [0, 0.05) is 36.9 Å². The van der Waals surface area contributed by atoms with Crippen molar-refractivity contribution in [3.05, 3.63) is 58.9 Å². The summed E-state index contributed by atoms with van der Waals surface area (Å²) in [5.74, 6) is -1.86. The Morgan fingerprint density at radius 2 is 1.68 bits per heavy atom. The van der Waals surface area contributed by atoms with Crippen molar-refractivity contribution in [2.24, 2.45) is 0 Å².